The van der Waals surface area contributed by atoms with Crippen LogP contribution in [-0.2, 0) is 6.54 Å². The van der Waals surface area contributed by atoms with E-state index in [9.17, 15) is 0 Å². The Kier molecular flexibility index (Phi) is 3.91. The molecule has 0 unspecified atom stereocenters. The number of aromatic nitrogens is 1. The van der Waals surface area contributed by atoms with Crippen molar-refractivity contribution < 1.29 is 0 Å². The van der Waals surface area contributed by atoms with Crippen LogP contribution in [0.2, 0.25) is 0 Å². The molecule has 1 fully saturated rings. The van der Waals surface area contributed by atoms with Crippen molar-refractivity contribution in [1.29, 1.82) is 0 Å². The molecule has 3 heteroatoms. The van der Waals surface area contributed by atoms with Crippen LogP contribution in [0.15, 0.2) is 12.3 Å². The topological polar surface area (TPSA) is 42.2 Å². The van der Waals surface area contributed by atoms with Crippen LogP contribution in [0.25, 0.3) is 0 Å². The van der Waals surface area contributed by atoms with Crippen molar-refractivity contribution in [2.75, 3.05) is 18.0 Å². The van der Waals surface area contributed by atoms with Gasteiger partial charge in [-0.15, -0.1) is 0 Å². The van der Waals surface area contributed by atoms with Crippen LogP contribution < -0.4 is 10.6 Å². The Bertz CT molecular complexity index is 410. The lowest BCUT2D eigenvalue weighted by molar-refractivity contribution is 0.301. The standard InChI is InChI=1S/C15H25N3/c1-4-15(5-2)6-7-18(11-15)14-12(3)8-13(9-16)10-17-14/h8,10H,4-7,9,11,16H2,1-3H3. The molecule has 3 nitrogen and oxygen atoms in total. The van der Waals surface area contributed by atoms with Crippen LogP contribution in [0.5, 0.6) is 0 Å². The Morgan fingerprint density at radius 1 is 1.39 bits per heavy atom. The highest BCUT2D eigenvalue weighted by Crippen LogP contribution is 2.39. The van der Waals surface area contributed by atoms with Crippen molar-refractivity contribution in [3.63, 3.8) is 0 Å². The van der Waals surface area contributed by atoms with Gasteiger partial charge in [0.05, 0.1) is 0 Å². The molecule has 1 saturated heterocycles. The number of aryl methyl sites for hydroxylation is 1. The number of pyridine rings is 1. The maximum absolute atomic E-state index is 5.65. The van der Waals surface area contributed by atoms with E-state index in [0.29, 0.717) is 12.0 Å². The first-order valence-corrected chi connectivity index (χ1v) is 7.04. The second kappa shape index (κ2) is 5.27. The molecule has 2 rings (SSSR count). The Morgan fingerprint density at radius 2 is 2.11 bits per heavy atom. The normalized spacial score (nSPS) is 18.3. The SMILES string of the molecule is CCC1(CC)CCN(c2ncc(CN)cc2C)C1. The number of nitrogens with two attached hydrogens (primary N) is 1. The van der Waals surface area contributed by atoms with Crippen LogP contribution in [0.1, 0.15) is 44.2 Å². The highest BCUT2D eigenvalue weighted by atomic mass is 15.2. The highest BCUT2D eigenvalue weighted by molar-refractivity contribution is 5.48. The zero-order valence-electron chi connectivity index (χ0n) is 11.9. The number of rotatable bonds is 4. The van der Waals surface area contributed by atoms with Crippen molar-refractivity contribution in [3.05, 3.63) is 23.4 Å². The number of nitrogens with zero attached hydrogens (tertiary/aromatic N) is 2. The van der Waals surface area contributed by atoms with E-state index in [-0.39, 0.29) is 0 Å². The van der Waals surface area contributed by atoms with E-state index >= 15 is 0 Å². The summed E-state index contributed by atoms with van der Waals surface area (Å²) >= 11 is 0. The van der Waals surface area contributed by atoms with Crippen molar-refractivity contribution in [2.45, 2.75) is 46.6 Å². The Labute approximate surface area is 110 Å². The van der Waals surface area contributed by atoms with Crippen molar-refractivity contribution >= 4 is 5.82 Å². The summed E-state index contributed by atoms with van der Waals surface area (Å²) in [5.74, 6) is 1.15. The van der Waals surface area contributed by atoms with Gasteiger partial charge in [0, 0.05) is 25.8 Å². The van der Waals surface area contributed by atoms with Gasteiger partial charge in [0.25, 0.3) is 0 Å². The van der Waals surface area contributed by atoms with E-state index in [1.54, 1.807) is 0 Å². The van der Waals surface area contributed by atoms with Gasteiger partial charge in [-0.2, -0.15) is 0 Å². The zero-order valence-corrected chi connectivity index (χ0v) is 11.9. The van der Waals surface area contributed by atoms with Gasteiger partial charge < -0.3 is 10.6 Å². The average Bonchev–Trinajstić information content (AvgIpc) is 2.83. The minimum atomic E-state index is 0.501. The number of anilines is 1. The summed E-state index contributed by atoms with van der Waals surface area (Å²) in [4.78, 5) is 7.06. The molecule has 18 heavy (non-hydrogen) atoms. The first-order chi connectivity index (χ1) is 8.64. The summed E-state index contributed by atoms with van der Waals surface area (Å²) < 4.78 is 0. The molecular formula is C15H25N3. The minimum absolute atomic E-state index is 0.501. The predicted molar refractivity (Wildman–Crippen MR) is 76.7 cm³/mol. The molecule has 2 N–H and O–H groups in total. The van der Waals surface area contributed by atoms with E-state index in [0.717, 1.165) is 24.5 Å². The molecular weight excluding hydrogens is 222 g/mol. The van der Waals surface area contributed by atoms with Gasteiger partial charge in [-0.1, -0.05) is 13.8 Å². The molecule has 1 aromatic rings. The molecule has 0 spiro atoms. The third-order valence-electron chi connectivity index (χ3n) is 4.58. The van der Waals surface area contributed by atoms with E-state index in [4.69, 9.17) is 5.73 Å². The Hall–Kier alpha value is -1.09. The molecule has 0 radical (unpaired) electrons. The molecule has 0 aliphatic carbocycles. The van der Waals surface area contributed by atoms with E-state index in [1.165, 1.54) is 24.8 Å². The first-order valence-electron chi connectivity index (χ1n) is 7.04. The summed E-state index contributed by atoms with van der Waals surface area (Å²) in [7, 11) is 0. The maximum atomic E-state index is 5.65. The van der Waals surface area contributed by atoms with Gasteiger partial charge in [-0.25, -0.2) is 4.98 Å². The van der Waals surface area contributed by atoms with Crippen molar-refractivity contribution in [2.24, 2.45) is 11.1 Å². The smallest absolute Gasteiger partial charge is 0.131 e. The molecule has 0 aromatic carbocycles. The summed E-state index contributed by atoms with van der Waals surface area (Å²) in [6.45, 7) is 9.62. The fourth-order valence-corrected chi connectivity index (χ4v) is 3.01. The lowest BCUT2D eigenvalue weighted by Gasteiger charge is -2.27. The number of hydrogen-bond acceptors (Lipinski definition) is 3. The first kappa shape index (κ1) is 13.3. The molecule has 1 aromatic heterocycles. The van der Waals surface area contributed by atoms with Crippen molar-refractivity contribution in [3.8, 4) is 0 Å². The summed E-state index contributed by atoms with van der Waals surface area (Å²) in [6.07, 6.45) is 5.74. The Morgan fingerprint density at radius 3 is 2.61 bits per heavy atom. The summed E-state index contributed by atoms with van der Waals surface area (Å²) in [6, 6.07) is 2.17. The van der Waals surface area contributed by atoms with Gasteiger partial charge in [0.2, 0.25) is 0 Å². The predicted octanol–water partition coefficient (Wildman–Crippen LogP) is 2.87. The Balaban J connectivity index is 2.19. The largest absolute Gasteiger partial charge is 0.356 e. The summed E-state index contributed by atoms with van der Waals surface area (Å²) in [5, 5.41) is 0. The zero-order chi connectivity index (χ0) is 13.2. The monoisotopic (exact) mass is 247 g/mol. The van der Waals surface area contributed by atoms with E-state index in [2.05, 4.69) is 36.7 Å². The number of hydrogen-bond donors (Lipinski definition) is 1. The van der Waals surface area contributed by atoms with Gasteiger partial charge in [0.1, 0.15) is 5.82 Å². The van der Waals surface area contributed by atoms with Crippen molar-refractivity contribution in [1.82, 2.24) is 4.98 Å². The average molecular weight is 247 g/mol. The second-order valence-corrected chi connectivity index (χ2v) is 5.57. The van der Waals surface area contributed by atoms with Crippen LogP contribution >= 0.6 is 0 Å². The molecule has 0 saturated carbocycles. The quantitative estimate of drug-likeness (QED) is 0.889. The third kappa shape index (κ3) is 2.37. The van der Waals surface area contributed by atoms with Gasteiger partial charge >= 0.3 is 0 Å². The van der Waals surface area contributed by atoms with E-state index < -0.39 is 0 Å². The van der Waals surface area contributed by atoms with Crippen LogP contribution in [0.4, 0.5) is 5.82 Å². The maximum Gasteiger partial charge on any atom is 0.131 e. The second-order valence-electron chi connectivity index (χ2n) is 5.57. The lowest BCUT2D eigenvalue weighted by atomic mass is 9.82. The third-order valence-corrected chi connectivity index (χ3v) is 4.58. The fourth-order valence-electron chi connectivity index (χ4n) is 3.01. The molecule has 1 aliphatic heterocycles. The van der Waals surface area contributed by atoms with Crippen LogP contribution in [0, 0.1) is 12.3 Å². The van der Waals surface area contributed by atoms with Gasteiger partial charge in [-0.3, -0.25) is 0 Å². The molecule has 2 heterocycles. The molecule has 100 valence electrons. The molecule has 0 atom stereocenters. The minimum Gasteiger partial charge on any atom is -0.356 e. The van der Waals surface area contributed by atoms with E-state index in [1.807, 2.05) is 6.20 Å². The summed E-state index contributed by atoms with van der Waals surface area (Å²) in [5.41, 5.74) is 8.52. The van der Waals surface area contributed by atoms with Gasteiger partial charge in [-0.05, 0) is 48.8 Å². The molecule has 0 bridgehead atoms. The van der Waals surface area contributed by atoms with Gasteiger partial charge in [0.15, 0.2) is 0 Å². The molecule has 0 amide bonds. The van der Waals surface area contributed by atoms with Crippen LogP contribution in [0.3, 0.4) is 0 Å². The fraction of sp³-hybridized carbons (Fsp3) is 0.667. The molecule has 1 aliphatic rings. The van der Waals surface area contributed by atoms with Crippen LogP contribution in [-0.4, -0.2) is 18.1 Å². The highest BCUT2D eigenvalue weighted by Gasteiger charge is 2.35. The lowest BCUT2D eigenvalue weighted by Crippen LogP contribution is -2.27.